The van der Waals surface area contributed by atoms with Crippen LogP contribution < -0.4 is 0 Å². The van der Waals surface area contributed by atoms with Gasteiger partial charge in [-0.05, 0) is 91.7 Å². The summed E-state index contributed by atoms with van der Waals surface area (Å²) in [6.07, 6.45) is 8.51. The molecule has 0 radical (unpaired) electrons. The van der Waals surface area contributed by atoms with Crippen LogP contribution >= 0.6 is 11.6 Å². The van der Waals surface area contributed by atoms with Crippen molar-refractivity contribution in [3.05, 3.63) is 34.9 Å². The summed E-state index contributed by atoms with van der Waals surface area (Å²) in [4.78, 5) is 0. The Morgan fingerprint density at radius 2 is 1.71 bits per heavy atom. The van der Waals surface area contributed by atoms with Crippen molar-refractivity contribution >= 4 is 11.6 Å². The normalized spacial score (nSPS) is 42.3. The molecule has 4 saturated carbocycles. The Balaban J connectivity index is 1.70. The second-order valence-electron chi connectivity index (χ2n) is 8.84. The highest BCUT2D eigenvalue weighted by atomic mass is 35.5. The van der Waals surface area contributed by atoms with E-state index in [4.69, 9.17) is 11.6 Å². The molecule has 4 aliphatic carbocycles. The van der Waals surface area contributed by atoms with Crippen molar-refractivity contribution in [1.29, 1.82) is 0 Å². The van der Waals surface area contributed by atoms with Crippen molar-refractivity contribution in [2.75, 3.05) is 0 Å². The fourth-order valence-electron chi connectivity index (χ4n) is 6.37. The third-order valence-corrected chi connectivity index (χ3v) is 7.48. The molecule has 114 valence electrons. The minimum absolute atomic E-state index is 0.210. The first-order valence-corrected chi connectivity index (χ1v) is 9.04. The second kappa shape index (κ2) is 4.51. The summed E-state index contributed by atoms with van der Waals surface area (Å²) in [6.45, 7) is 6.93. The molecule has 0 aromatic heterocycles. The Kier molecular flexibility index (Phi) is 3.03. The van der Waals surface area contributed by atoms with E-state index in [1.165, 1.54) is 55.2 Å². The van der Waals surface area contributed by atoms with Gasteiger partial charge < -0.3 is 0 Å². The minimum Gasteiger partial charge on any atom is -0.117 e. The molecular weight excluding hydrogens is 276 g/mol. The molecule has 1 aromatic carbocycles. The lowest BCUT2D eigenvalue weighted by Crippen LogP contribution is -2.52. The van der Waals surface area contributed by atoms with Gasteiger partial charge in [-0.2, -0.15) is 0 Å². The molecule has 0 saturated heterocycles. The van der Waals surface area contributed by atoms with Crippen molar-refractivity contribution in [3.8, 4) is 0 Å². The molecular formula is C20H27Cl. The molecule has 5 rings (SSSR count). The lowest BCUT2D eigenvalue weighted by atomic mass is 9.43. The summed E-state index contributed by atoms with van der Waals surface area (Å²) in [5.74, 6) is 1.90. The van der Waals surface area contributed by atoms with Crippen molar-refractivity contribution in [1.82, 2.24) is 0 Å². The second-order valence-corrected chi connectivity index (χ2v) is 9.28. The molecule has 4 fully saturated rings. The van der Waals surface area contributed by atoms with E-state index in [1.807, 2.05) is 0 Å². The number of alkyl halides is 1. The number of rotatable bonds is 2. The average molecular weight is 303 g/mol. The van der Waals surface area contributed by atoms with Crippen LogP contribution in [0.2, 0.25) is 0 Å². The van der Waals surface area contributed by atoms with Crippen molar-refractivity contribution in [3.63, 3.8) is 0 Å². The van der Waals surface area contributed by atoms with E-state index < -0.39 is 0 Å². The Labute approximate surface area is 134 Å². The molecule has 0 aliphatic heterocycles. The highest BCUT2D eigenvalue weighted by Gasteiger charge is 2.58. The monoisotopic (exact) mass is 302 g/mol. The first-order valence-electron chi connectivity index (χ1n) is 8.60. The van der Waals surface area contributed by atoms with Crippen LogP contribution in [0.3, 0.4) is 0 Å². The molecule has 0 heterocycles. The van der Waals surface area contributed by atoms with Gasteiger partial charge in [0.25, 0.3) is 0 Å². The van der Waals surface area contributed by atoms with Gasteiger partial charge in [0.05, 0.1) is 5.38 Å². The van der Waals surface area contributed by atoms with Gasteiger partial charge in [0, 0.05) is 0 Å². The quantitative estimate of drug-likeness (QED) is 0.571. The zero-order valence-corrected chi connectivity index (χ0v) is 14.3. The average Bonchev–Trinajstić information content (AvgIpc) is 2.38. The highest BCUT2D eigenvalue weighted by molar-refractivity contribution is 6.21. The van der Waals surface area contributed by atoms with Gasteiger partial charge in [0.15, 0.2) is 0 Å². The van der Waals surface area contributed by atoms with E-state index in [0.29, 0.717) is 10.8 Å². The van der Waals surface area contributed by atoms with E-state index in [-0.39, 0.29) is 5.38 Å². The van der Waals surface area contributed by atoms with Gasteiger partial charge in [-0.3, -0.25) is 0 Å². The number of hydrogen-bond donors (Lipinski definition) is 0. The molecule has 21 heavy (non-hydrogen) atoms. The van der Waals surface area contributed by atoms with Gasteiger partial charge in [0.2, 0.25) is 0 Å². The standard InChI is InChI=1S/C20H27Cl/c1-13-4-5-17(6-14(13)2)18(21)20-10-15-7-16(11-20)9-19(3,8-15)12-20/h4-6,15-16,18H,7-12H2,1-3H3. The zero-order valence-electron chi connectivity index (χ0n) is 13.6. The topological polar surface area (TPSA) is 0 Å². The van der Waals surface area contributed by atoms with Gasteiger partial charge in [-0.25, -0.2) is 0 Å². The van der Waals surface area contributed by atoms with Crippen LogP contribution in [0.25, 0.3) is 0 Å². The van der Waals surface area contributed by atoms with Crippen LogP contribution in [-0.2, 0) is 0 Å². The van der Waals surface area contributed by atoms with Gasteiger partial charge in [0.1, 0.15) is 0 Å². The van der Waals surface area contributed by atoms with E-state index in [9.17, 15) is 0 Å². The number of hydrogen-bond acceptors (Lipinski definition) is 0. The Bertz CT molecular complexity index is 559. The first kappa shape index (κ1) is 14.1. The van der Waals surface area contributed by atoms with Crippen LogP contribution in [0.5, 0.6) is 0 Å². The minimum atomic E-state index is 0.210. The predicted molar refractivity (Wildman–Crippen MR) is 89.7 cm³/mol. The lowest BCUT2D eigenvalue weighted by Gasteiger charge is -2.62. The molecule has 3 unspecified atom stereocenters. The molecule has 1 heteroatoms. The summed E-state index contributed by atoms with van der Waals surface area (Å²) in [5, 5.41) is 0.210. The van der Waals surface area contributed by atoms with Crippen molar-refractivity contribution in [2.24, 2.45) is 22.7 Å². The number of halogens is 1. The van der Waals surface area contributed by atoms with Crippen LogP contribution in [0, 0.1) is 36.5 Å². The Morgan fingerprint density at radius 1 is 1.05 bits per heavy atom. The maximum atomic E-state index is 7.11. The summed E-state index contributed by atoms with van der Waals surface area (Å²) >= 11 is 7.11. The van der Waals surface area contributed by atoms with Gasteiger partial charge in [-0.15, -0.1) is 11.6 Å². The van der Waals surface area contributed by atoms with Crippen LogP contribution in [0.1, 0.15) is 67.5 Å². The first-order chi connectivity index (χ1) is 9.89. The van der Waals surface area contributed by atoms with Crippen LogP contribution in [0.4, 0.5) is 0 Å². The maximum absolute atomic E-state index is 7.11. The number of aryl methyl sites for hydroxylation is 2. The molecule has 0 nitrogen and oxygen atoms in total. The summed E-state index contributed by atoms with van der Waals surface area (Å²) in [7, 11) is 0. The SMILES string of the molecule is Cc1ccc(C(Cl)C23CC4CC(CC(C)(C4)C2)C3)cc1C. The van der Waals surface area contributed by atoms with E-state index >= 15 is 0 Å². The smallest absolute Gasteiger partial charge is 0.0642 e. The van der Waals surface area contributed by atoms with Gasteiger partial charge in [-0.1, -0.05) is 25.1 Å². The third-order valence-electron chi connectivity index (χ3n) is 6.76. The van der Waals surface area contributed by atoms with Gasteiger partial charge >= 0.3 is 0 Å². The zero-order chi connectivity index (χ0) is 14.8. The summed E-state index contributed by atoms with van der Waals surface area (Å²) < 4.78 is 0. The largest absolute Gasteiger partial charge is 0.117 e. The molecule has 0 amide bonds. The maximum Gasteiger partial charge on any atom is 0.0642 e. The number of benzene rings is 1. The van der Waals surface area contributed by atoms with Crippen LogP contribution in [-0.4, -0.2) is 0 Å². The Hall–Kier alpha value is -0.490. The van der Waals surface area contributed by atoms with Crippen molar-refractivity contribution < 1.29 is 0 Å². The Morgan fingerprint density at radius 3 is 2.29 bits per heavy atom. The molecule has 4 aliphatic rings. The molecule has 1 aromatic rings. The predicted octanol–water partition coefficient (Wildman–Crippen LogP) is 6.19. The summed E-state index contributed by atoms with van der Waals surface area (Å²) in [6, 6.07) is 6.87. The lowest BCUT2D eigenvalue weighted by molar-refractivity contribution is -0.103. The van der Waals surface area contributed by atoms with E-state index in [2.05, 4.69) is 39.0 Å². The van der Waals surface area contributed by atoms with Crippen LogP contribution in [0.15, 0.2) is 18.2 Å². The van der Waals surface area contributed by atoms with E-state index in [1.54, 1.807) is 0 Å². The summed E-state index contributed by atoms with van der Waals surface area (Å²) in [5.41, 5.74) is 5.08. The fourth-order valence-corrected chi connectivity index (χ4v) is 6.76. The molecule has 3 atom stereocenters. The molecule has 0 N–H and O–H groups in total. The highest BCUT2D eigenvalue weighted by Crippen LogP contribution is 2.69. The molecule has 4 bridgehead atoms. The van der Waals surface area contributed by atoms with Crippen molar-refractivity contribution in [2.45, 2.75) is 64.7 Å². The fraction of sp³-hybridized carbons (Fsp3) is 0.700. The molecule has 0 spiro atoms. The third kappa shape index (κ3) is 2.17. The van der Waals surface area contributed by atoms with E-state index in [0.717, 1.165) is 11.8 Å².